The van der Waals surface area contributed by atoms with Crippen molar-refractivity contribution in [2.45, 2.75) is 32.8 Å². The number of nitrogens with two attached hydrogens (primary N) is 1. The van der Waals surface area contributed by atoms with Gasteiger partial charge >= 0.3 is 5.97 Å². The van der Waals surface area contributed by atoms with Crippen molar-refractivity contribution in [1.82, 2.24) is 0 Å². The zero-order valence-corrected chi connectivity index (χ0v) is 12.9. The Bertz CT molecular complexity index is 651. The Hall–Kier alpha value is -2.26. The van der Waals surface area contributed by atoms with Gasteiger partial charge in [-0.05, 0) is 32.2 Å². The molecule has 2 N–H and O–H groups in total. The van der Waals surface area contributed by atoms with Crippen LogP contribution < -0.4 is 5.73 Å². The quantitative estimate of drug-likeness (QED) is 0.868. The van der Waals surface area contributed by atoms with Crippen LogP contribution >= 0.6 is 11.3 Å². The Morgan fingerprint density at radius 2 is 2.29 bits per heavy atom. The van der Waals surface area contributed by atoms with E-state index in [1.165, 1.54) is 11.3 Å². The van der Waals surface area contributed by atoms with Gasteiger partial charge in [0.05, 0.1) is 17.6 Å². The molecule has 0 saturated heterocycles. The van der Waals surface area contributed by atoms with Gasteiger partial charge in [0.1, 0.15) is 17.4 Å². The molecule has 0 spiro atoms. The number of hydrogen-bond donors (Lipinski definition) is 1. The van der Waals surface area contributed by atoms with Crippen molar-refractivity contribution >= 4 is 17.3 Å². The van der Waals surface area contributed by atoms with Gasteiger partial charge in [0.25, 0.3) is 0 Å². The first-order valence-electron chi connectivity index (χ1n) is 6.48. The maximum atomic E-state index is 12.4. The fraction of sp³-hybridized carbons (Fsp3) is 0.333. The summed E-state index contributed by atoms with van der Waals surface area (Å²) in [5.74, 6) is -0.610. The number of carbonyl (C=O) groups is 1. The molecule has 2 rings (SSSR count). The second-order valence-electron chi connectivity index (χ2n) is 4.86. The lowest BCUT2D eigenvalue weighted by Gasteiger charge is -2.26. The summed E-state index contributed by atoms with van der Waals surface area (Å²) in [7, 11) is 0. The van der Waals surface area contributed by atoms with Crippen molar-refractivity contribution in [1.29, 1.82) is 5.26 Å². The number of thiophene rings is 1. The minimum Gasteiger partial charge on any atom is -0.459 e. The summed E-state index contributed by atoms with van der Waals surface area (Å²) in [6.45, 7) is 5.19. The van der Waals surface area contributed by atoms with Crippen molar-refractivity contribution in [2.75, 3.05) is 0 Å². The van der Waals surface area contributed by atoms with Crippen LogP contribution in [0.4, 0.5) is 0 Å². The molecule has 0 saturated carbocycles. The molecule has 21 heavy (non-hydrogen) atoms. The molecular formula is C15H16N2O3S. The second kappa shape index (κ2) is 6.02. The monoisotopic (exact) mass is 304 g/mol. The third kappa shape index (κ3) is 2.93. The number of carbonyl (C=O) groups excluding carboxylic acids is 1. The molecular weight excluding hydrogens is 288 g/mol. The first-order valence-corrected chi connectivity index (χ1v) is 7.36. The van der Waals surface area contributed by atoms with E-state index < -0.39 is 11.9 Å². The summed E-state index contributed by atoms with van der Waals surface area (Å²) in [6, 6.07) is 5.77. The van der Waals surface area contributed by atoms with Gasteiger partial charge in [0.15, 0.2) is 0 Å². The van der Waals surface area contributed by atoms with E-state index in [2.05, 4.69) is 0 Å². The van der Waals surface area contributed by atoms with E-state index in [4.69, 9.17) is 15.2 Å². The SMILES string of the molecule is CC1=C(C(=O)OC(C)C)[C@@H](c2cccs2)C(C#N)=C(N)O1. The molecule has 6 heteroatoms. The van der Waals surface area contributed by atoms with E-state index in [0.717, 1.165) is 4.88 Å². The highest BCUT2D eigenvalue weighted by atomic mass is 32.1. The number of nitriles is 1. The maximum absolute atomic E-state index is 12.4. The minimum atomic E-state index is -0.532. The van der Waals surface area contributed by atoms with Crippen LogP contribution in [-0.2, 0) is 14.3 Å². The number of rotatable bonds is 3. The van der Waals surface area contributed by atoms with Crippen molar-refractivity contribution in [3.05, 3.63) is 45.2 Å². The van der Waals surface area contributed by atoms with Crippen molar-refractivity contribution in [3.63, 3.8) is 0 Å². The van der Waals surface area contributed by atoms with Gasteiger partial charge in [0, 0.05) is 4.88 Å². The Balaban J connectivity index is 2.52. The topological polar surface area (TPSA) is 85.3 Å². The molecule has 0 fully saturated rings. The first kappa shape index (κ1) is 15.1. The Morgan fingerprint density at radius 1 is 1.57 bits per heavy atom. The van der Waals surface area contributed by atoms with Gasteiger partial charge in [-0.2, -0.15) is 5.26 Å². The van der Waals surface area contributed by atoms with Crippen LogP contribution in [0.5, 0.6) is 0 Å². The predicted molar refractivity (Wildman–Crippen MR) is 78.9 cm³/mol. The molecule has 1 aromatic heterocycles. The number of nitrogens with zero attached hydrogens (tertiary/aromatic N) is 1. The summed E-state index contributed by atoms with van der Waals surface area (Å²) < 4.78 is 10.6. The van der Waals surface area contributed by atoms with Crippen LogP contribution in [0.2, 0.25) is 0 Å². The number of allylic oxidation sites excluding steroid dienone is 2. The van der Waals surface area contributed by atoms with E-state index in [0.29, 0.717) is 11.3 Å². The molecule has 2 heterocycles. The van der Waals surface area contributed by atoms with E-state index in [1.807, 2.05) is 23.6 Å². The second-order valence-corrected chi connectivity index (χ2v) is 5.84. The largest absolute Gasteiger partial charge is 0.459 e. The van der Waals surface area contributed by atoms with Crippen LogP contribution in [0.3, 0.4) is 0 Å². The lowest BCUT2D eigenvalue weighted by Crippen LogP contribution is -2.26. The summed E-state index contributed by atoms with van der Waals surface area (Å²) in [5.41, 5.74) is 6.36. The predicted octanol–water partition coefficient (Wildman–Crippen LogP) is 2.78. The third-order valence-electron chi connectivity index (χ3n) is 3.00. The average Bonchev–Trinajstić information content (AvgIpc) is 2.90. The molecule has 5 nitrogen and oxygen atoms in total. The number of hydrogen-bond acceptors (Lipinski definition) is 6. The summed E-state index contributed by atoms with van der Waals surface area (Å²) >= 11 is 1.45. The van der Waals surface area contributed by atoms with Crippen molar-refractivity contribution < 1.29 is 14.3 Å². The van der Waals surface area contributed by atoms with Crippen LogP contribution in [0.25, 0.3) is 0 Å². The Labute approximate surface area is 127 Å². The van der Waals surface area contributed by atoms with E-state index in [9.17, 15) is 10.1 Å². The van der Waals surface area contributed by atoms with Crippen molar-refractivity contribution in [3.8, 4) is 6.07 Å². The average molecular weight is 304 g/mol. The molecule has 0 aromatic carbocycles. The smallest absolute Gasteiger partial charge is 0.338 e. The zero-order chi connectivity index (χ0) is 15.6. The standard InChI is InChI=1S/C15H16N2O3S/c1-8(2)19-15(18)12-9(3)20-14(17)10(7-16)13(12)11-5-4-6-21-11/h4-6,8,13H,17H2,1-3H3/t13-/m1/s1. The van der Waals surface area contributed by atoms with Crippen LogP contribution in [0.15, 0.2) is 40.3 Å². The third-order valence-corrected chi connectivity index (χ3v) is 3.93. The molecule has 0 aliphatic carbocycles. The van der Waals surface area contributed by atoms with Gasteiger partial charge in [0.2, 0.25) is 5.88 Å². The number of esters is 1. The van der Waals surface area contributed by atoms with Crippen molar-refractivity contribution in [2.24, 2.45) is 5.73 Å². The highest BCUT2D eigenvalue weighted by Crippen LogP contribution is 2.41. The molecule has 0 unspecified atom stereocenters. The lowest BCUT2D eigenvalue weighted by molar-refractivity contribution is -0.143. The molecule has 1 aliphatic heterocycles. The normalized spacial score (nSPS) is 18.5. The molecule has 0 bridgehead atoms. The molecule has 0 radical (unpaired) electrons. The van der Waals surface area contributed by atoms with Gasteiger partial charge < -0.3 is 15.2 Å². The molecule has 1 aromatic rings. The summed E-state index contributed by atoms with van der Waals surface area (Å²) in [4.78, 5) is 13.2. The Kier molecular flexibility index (Phi) is 4.34. The van der Waals surface area contributed by atoms with E-state index >= 15 is 0 Å². The summed E-state index contributed by atoms with van der Waals surface area (Å²) in [6.07, 6.45) is -0.254. The van der Waals surface area contributed by atoms with E-state index in [1.54, 1.807) is 20.8 Å². The van der Waals surface area contributed by atoms with Gasteiger partial charge in [-0.1, -0.05) is 6.07 Å². The van der Waals surface area contributed by atoms with Crippen LogP contribution in [0, 0.1) is 11.3 Å². The van der Waals surface area contributed by atoms with Gasteiger partial charge in [-0.15, -0.1) is 11.3 Å². The zero-order valence-electron chi connectivity index (χ0n) is 12.0. The molecule has 1 atom stereocenters. The molecule has 0 amide bonds. The van der Waals surface area contributed by atoms with Gasteiger partial charge in [-0.3, -0.25) is 0 Å². The Morgan fingerprint density at radius 3 is 2.81 bits per heavy atom. The number of ether oxygens (including phenoxy) is 2. The molecule has 110 valence electrons. The fourth-order valence-electron chi connectivity index (χ4n) is 2.16. The lowest BCUT2D eigenvalue weighted by atomic mass is 9.87. The molecule has 1 aliphatic rings. The minimum absolute atomic E-state index is 0.0366. The highest BCUT2D eigenvalue weighted by molar-refractivity contribution is 7.10. The van der Waals surface area contributed by atoms with E-state index in [-0.39, 0.29) is 17.6 Å². The maximum Gasteiger partial charge on any atom is 0.338 e. The van der Waals surface area contributed by atoms with Crippen LogP contribution in [0.1, 0.15) is 31.6 Å². The highest BCUT2D eigenvalue weighted by Gasteiger charge is 2.37. The first-order chi connectivity index (χ1) is 9.95. The summed E-state index contributed by atoms with van der Waals surface area (Å²) in [5, 5.41) is 11.2. The van der Waals surface area contributed by atoms with Gasteiger partial charge in [-0.25, -0.2) is 4.79 Å². The van der Waals surface area contributed by atoms with Crippen LogP contribution in [-0.4, -0.2) is 12.1 Å². The fourth-order valence-corrected chi connectivity index (χ4v) is 3.01.